The van der Waals surface area contributed by atoms with Crippen LogP contribution in [0.4, 0.5) is 0 Å². The number of epoxide rings is 1. The number of ether oxygens (including phenoxy) is 1. The SMILES string of the molecule is CC(C)(C)c1ccc([C@@]23CC[C@H]([n+]4ccccc4)[C@]2(C)O3)cc1. The minimum atomic E-state index is -0.0864. The fourth-order valence-electron chi connectivity index (χ4n) is 4.37. The quantitative estimate of drug-likeness (QED) is 0.597. The van der Waals surface area contributed by atoms with E-state index in [1.54, 1.807) is 0 Å². The summed E-state index contributed by atoms with van der Waals surface area (Å²) >= 11 is 0. The summed E-state index contributed by atoms with van der Waals surface area (Å²) in [6, 6.07) is 15.8. The summed E-state index contributed by atoms with van der Waals surface area (Å²) in [5.74, 6) is 0. The zero-order chi connectivity index (χ0) is 16.3. The number of aromatic nitrogens is 1. The van der Waals surface area contributed by atoms with Crippen molar-refractivity contribution in [2.24, 2.45) is 0 Å². The van der Waals surface area contributed by atoms with E-state index in [0.717, 1.165) is 6.42 Å². The van der Waals surface area contributed by atoms with Gasteiger partial charge in [0, 0.05) is 18.6 Å². The normalized spacial score (nSPS) is 32.6. The molecular formula is C21H26NO+. The number of fused-ring (bicyclic) bond motifs is 1. The topological polar surface area (TPSA) is 16.4 Å². The van der Waals surface area contributed by atoms with Gasteiger partial charge in [-0.3, -0.25) is 0 Å². The first kappa shape index (κ1) is 14.9. The Morgan fingerprint density at radius 2 is 1.70 bits per heavy atom. The fraction of sp³-hybridized carbons (Fsp3) is 0.476. The lowest BCUT2D eigenvalue weighted by molar-refractivity contribution is -0.728. The summed E-state index contributed by atoms with van der Waals surface area (Å²) in [7, 11) is 0. The molecule has 2 aromatic rings. The Labute approximate surface area is 139 Å². The zero-order valence-corrected chi connectivity index (χ0v) is 14.5. The van der Waals surface area contributed by atoms with E-state index in [1.165, 1.54) is 17.5 Å². The van der Waals surface area contributed by atoms with Gasteiger partial charge in [-0.15, -0.1) is 0 Å². The van der Waals surface area contributed by atoms with Crippen LogP contribution >= 0.6 is 0 Å². The fourth-order valence-corrected chi connectivity index (χ4v) is 4.37. The largest absolute Gasteiger partial charge is 0.350 e. The van der Waals surface area contributed by atoms with E-state index < -0.39 is 0 Å². The highest BCUT2D eigenvalue weighted by atomic mass is 16.6. The number of benzene rings is 1. The molecule has 2 fully saturated rings. The smallest absolute Gasteiger partial charge is 0.190 e. The molecule has 1 aliphatic heterocycles. The van der Waals surface area contributed by atoms with Crippen LogP contribution in [0.3, 0.4) is 0 Å². The van der Waals surface area contributed by atoms with Crippen molar-refractivity contribution in [2.45, 2.75) is 63.2 Å². The van der Waals surface area contributed by atoms with Gasteiger partial charge in [0.2, 0.25) is 0 Å². The van der Waals surface area contributed by atoms with E-state index in [1.807, 2.05) is 0 Å². The van der Waals surface area contributed by atoms with Gasteiger partial charge in [-0.1, -0.05) is 51.1 Å². The van der Waals surface area contributed by atoms with Crippen molar-refractivity contribution in [1.29, 1.82) is 0 Å². The lowest BCUT2D eigenvalue weighted by Crippen LogP contribution is -2.45. The Kier molecular flexibility index (Phi) is 3.02. The molecule has 2 nitrogen and oxygen atoms in total. The van der Waals surface area contributed by atoms with Crippen LogP contribution in [0, 0.1) is 0 Å². The van der Waals surface area contributed by atoms with Crippen molar-refractivity contribution in [3.05, 3.63) is 66.0 Å². The summed E-state index contributed by atoms with van der Waals surface area (Å²) in [5.41, 5.74) is 2.75. The maximum atomic E-state index is 6.39. The molecule has 23 heavy (non-hydrogen) atoms. The van der Waals surface area contributed by atoms with Crippen LogP contribution in [0.15, 0.2) is 54.9 Å². The standard InChI is InChI=1S/C21H26NO/c1-19(2,3)16-8-10-17(11-9-16)21-13-12-18(20(21,4)23-21)22-14-6-5-7-15-22/h5-11,14-15,18H,12-13H2,1-4H3/q+1/t18-,20-,21-/m0/s1. The molecule has 1 aromatic heterocycles. The number of hydrogen-bond donors (Lipinski definition) is 0. The van der Waals surface area contributed by atoms with E-state index >= 15 is 0 Å². The Morgan fingerprint density at radius 1 is 1.04 bits per heavy atom. The number of hydrogen-bond acceptors (Lipinski definition) is 1. The number of rotatable bonds is 2. The molecule has 1 saturated heterocycles. The van der Waals surface area contributed by atoms with E-state index in [2.05, 4.69) is 87.1 Å². The first-order valence-electron chi connectivity index (χ1n) is 8.64. The van der Waals surface area contributed by atoms with Crippen LogP contribution < -0.4 is 4.57 Å². The maximum absolute atomic E-state index is 6.39. The van der Waals surface area contributed by atoms with E-state index in [-0.39, 0.29) is 16.6 Å². The number of nitrogens with zero attached hydrogens (tertiary/aromatic N) is 1. The molecule has 1 saturated carbocycles. The third-order valence-corrected chi connectivity index (χ3v) is 5.87. The van der Waals surface area contributed by atoms with Crippen LogP contribution in [-0.2, 0) is 15.8 Å². The highest BCUT2D eigenvalue weighted by molar-refractivity contribution is 5.39. The summed E-state index contributed by atoms with van der Waals surface area (Å²) in [6.07, 6.45) is 6.60. The van der Waals surface area contributed by atoms with Crippen LogP contribution in [0.25, 0.3) is 0 Å². The molecule has 0 unspecified atom stereocenters. The van der Waals surface area contributed by atoms with Crippen LogP contribution in [-0.4, -0.2) is 5.60 Å². The molecule has 2 aliphatic rings. The average Bonchev–Trinajstić information content (AvgIpc) is 3.04. The van der Waals surface area contributed by atoms with Gasteiger partial charge in [-0.25, -0.2) is 0 Å². The minimum Gasteiger partial charge on any atom is -0.350 e. The van der Waals surface area contributed by atoms with Crippen LogP contribution in [0.1, 0.15) is 57.7 Å². The maximum Gasteiger partial charge on any atom is 0.190 e. The monoisotopic (exact) mass is 308 g/mol. The van der Waals surface area contributed by atoms with Gasteiger partial charge in [0.25, 0.3) is 0 Å². The van der Waals surface area contributed by atoms with Crippen molar-refractivity contribution in [1.82, 2.24) is 0 Å². The van der Waals surface area contributed by atoms with Crippen LogP contribution in [0.2, 0.25) is 0 Å². The highest BCUT2D eigenvalue weighted by Gasteiger charge is 2.78. The van der Waals surface area contributed by atoms with Crippen molar-refractivity contribution >= 4 is 0 Å². The lowest BCUT2D eigenvalue weighted by atomic mass is 9.83. The van der Waals surface area contributed by atoms with Gasteiger partial charge in [-0.2, -0.15) is 4.57 Å². The van der Waals surface area contributed by atoms with Crippen molar-refractivity contribution in [3.8, 4) is 0 Å². The van der Waals surface area contributed by atoms with E-state index in [4.69, 9.17) is 4.74 Å². The molecule has 1 aromatic carbocycles. The molecule has 1 aliphatic carbocycles. The molecule has 2 heterocycles. The Morgan fingerprint density at radius 3 is 2.26 bits per heavy atom. The molecule has 0 spiro atoms. The van der Waals surface area contributed by atoms with Crippen molar-refractivity contribution in [2.75, 3.05) is 0 Å². The van der Waals surface area contributed by atoms with Gasteiger partial charge in [0.1, 0.15) is 5.60 Å². The summed E-state index contributed by atoms with van der Waals surface area (Å²) in [4.78, 5) is 0. The predicted octanol–water partition coefficient (Wildman–Crippen LogP) is 4.29. The van der Waals surface area contributed by atoms with E-state index in [9.17, 15) is 0 Å². The first-order chi connectivity index (χ1) is 10.9. The van der Waals surface area contributed by atoms with Gasteiger partial charge >= 0.3 is 0 Å². The average molecular weight is 308 g/mol. The molecule has 3 atom stereocenters. The zero-order valence-electron chi connectivity index (χ0n) is 14.5. The van der Waals surface area contributed by atoms with Gasteiger partial charge in [-0.05, 0) is 29.9 Å². The van der Waals surface area contributed by atoms with Gasteiger partial charge in [0.15, 0.2) is 24.0 Å². The molecule has 120 valence electrons. The van der Waals surface area contributed by atoms with E-state index in [0.29, 0.717) is 6.04 Å². The molecular weight excluding hydrogens is 282 g/mol. The lowest BCUT2D eigenvalue weighted by Gasteiger charge is -2.20. The summed E-state index contributed by atoms with van der Waals surface area (Å²) < 4.78 is 8.70. The second-order valence-corrected chi connectivity index (χ2v) is 8.24. The molecule has 0 amide bonds. The minimum absolute atomic E-state index is 0.0811. The first-order valence-corrected chi connectivity index (χ1v) is 8.64. The molecule has 2 heteroatoms. The van der Waals surface area contributed by atoms with Gasteiger partial charge in [0.05, 0.1) is 0 Å². The Bertz CT molecular complexity index is 712. The predicted molar refractivity (Wildman–Crippen MR) is 91.2 cm³/mol. The second kappa shape index (κ2) is 4.67. The summed E-state index contributed by atoms with van der Waals surface area (Å²) in [5, 5.41) is 0. The summed E-state index contributed by atoms with van der Waals surface area (Å²) in [6.45, 7) is 9.06. The van der Waals surface area contributed by atoms with Gasteiger partial charge < -0.3 is 4.74 Å². The number of pyridine rings is 1. The third kappa shape index (κ3) is 2.08. The third-order valence-electron chi connectivity index (χ3n) is 5.87. The van der Waals surface area contributed by atoms with Crippen molar-refractivity contribution < 1.29 is 9.30 Å². The molecule has 4 rings (SSSR count). The highest BCUT2D eigenvalue weighted by Crippen LogP contribution is 2.68. The molecule has 0 bridgehead atoms. The molecule has 0 radical (unpaired) electrons. The Balaban J connectivity index is 1.65. The van der Waals surface area contributed by atoms with Crippen LogP contribution in [0.5, 0.6) is 0 Å². The van der Waals surface area contributed by atoms with Crippen molar-refractivity contribution in [3.63, 3.8) is 0 Å². The second-order valence-electron chi connectivity index (χ2n) is 8.24. The molecule has 0 N–H and O–H groups in total. The Hall–Kier alpha value is -1.67.